The molecule has 160 valence electrons. The molecular formula is C21H22N6O4. The van der Waals surface area contributed by atoms with Gasteiger partial charge in [0.25, 0.3) is 11.8 Å². The first-order valence-electron chi connectivity index (χ1n) is 10.2. The van der Waals surface area contributed by atoms with E-state index in [0.717, 1.165) is 16.2 Å². The molecule has 0 aliphatic carbocycles. The van der Waals surface area contributed by atoms with Crippen LogP contribution in [0.3, 0.4) is 0 Å². The molecule has 2 aromatic rings. The number of benzene rings is 1. The van der Waals surface area contributed by atoms with Crippen LogP contribution in [0.2, 0.25) is 0 Å². The van der Waals surface area contributed by atoms with Gasteiger partial charge in [-0.05, 0) is 31.9 Å². The molecule has 31 heavy (non-hydrogen) atoms. The molecule has 4 amide bonds. The summed E-state index contributed by atoms with van der Waals surface area (Å²) in [5.74, 6) is -1.34. The van der Waals surface area contributed by atoms with Crippen molar-refractivity contribution < 1.29 is 19.2 Å². The van der Waals surface area contributed by atoms with E-state index in [9.17, 15) is 19.2 Å². The van der Waals surface area contributed by atoms with Gasteiger partial charge in [0.2, 0.25) is 11.8 Å². The van der Waals surface area contributed by atoms with Gasteiger partial charge in [-0.25, -0.2) is 0 Å². The largest absolute Gasteiger partial charge is 0.364 e. The Morgan fingerprint density at radius 3 is 2.77 bits per heavy atom. The lowest BCUT2D eigenvalue weighted by Gasteiger charge is -2.27. The fourth-order valence-electron chi connectivity index (χ4n) is 4.51. The number of rotatable bonds is 4. The van der Waals surface area contributed by atoms with Crippen molar-refractivity contribution in [2.75, 3.05) is 5.32 Å². The third kappa shape index (κ3) is 2.94. The summed E-state index contributed by atoms with van der Waals surface area (Å²) in [6, 6.07) is 4.10. The molecule has 1 saturated heterocycles. The highest BCUT2D eigenvalue weighted by Crippen LogP contribution is 2.34. The first-order valence-corrected chi connectivity index (χ1v) is 10.2. The first kappa shape index (κ1) is 19.4. The van der Waals surface area contributed by atoms with Gasteiger partial charge in [-0.15, -0.1) is 0 Å². The normalized spacial score (nSPS) is 21.9. The number of amides is 4. The standard InChI is InChI=1S/C21H22N6O4/c1-21(2)16-12(9-23-21)17(26-25-16)22-8-10-4-3-5-11-15(10)20(31)27(19(11)30)13-6-7-14(28)24-18(13)29/h3-5,13,23H,6-9H2,1-2H3,(H2,22,25,26)(H,24,28,29). The predicted molar refractivity (Wildman–Crippen MR) is 109 cm³/mol. The van der Waals surface area contributed by atoms with Crippen molar-refractivity contribution in [3.05, 3.63) is 46.1 Å². The Bertz CT molecular complexity index is 1150. The summed E-state index contributed by atoms with van der Waals surface area (Å²) in [5, 5.41) is 16.3. The summed E-state index contributed by atoms with van der Waals surface area (Å²) >= 11 is 0. The monoisotopic (exact) mass is 422 g/mol. The molecule has 10 heteroatoms. The minimum absolute atomic E-state index is 0.0902. The molecule has 1 atom stereocenters. The molecule has 4 heterocycles. The third-order valence-electron chi connectivity index (χ3n) is 6.20. The van der Waals surface area contributed by atoms with Crippen molar-refractivity contribution in [3.63, 3.8) is 0 Å². The van der Waals surface area contributed by atoms with Crippen molar-refractivity contribution in [2.24, 2.45) is 0 Å². The fourth-order valence-corrected chi connectivity index (χ4v) is 4.51. The highest BCUT2D eigenvalue weighted by Gasteiger charge is 2.45. The number of carbonyl (C=O) groups is 4. The van der Waals surface area contributed by atoms with Crippen molar-refractivity contribution in [3.8, 4) is 0 Å². The van der Waals surface area contributed by atoms with Gasteiger partial charge in [-0.1, -0.05) is 12.1 Å². The molecular weight excluding hydrogens is 400 g/mol. The van der Waals surface area contributed by atoms with Crippen molar-refractivity contribution in [1.82, 2.24) is 25.7 Å². The van der Waals surface area contributed by atoms with Gasteiger partial charge in [0.15, 0.2) is 5.82 Å². The molecule has 0 saturated carbocycles. The van der Waals surface area contributed by atoms with Crippen molar-refractivity contribution in [1.29, 1.82) is 0 Å². The van der Waals surface area contributed by atoms with Crippen LogP contribution in [0.5, 0.6) is 0 Å². The van der Waals surface area contributed by atoms with Crippen LogP contribution in [-0.2, 0) is 28.2 Å². The van der Waals surface area contributed by atoms with Crippen LogP contribution in [0.15, 0.2) is 18.2 Å². The summed E-state index contributed by atoms with van der Waals surface area (Å²) < 4.78 is 0. The minimum atomic E-state index is -0.978. The summed E-state index contributed by atoms with van der Waals surface area (Å²) in [4.78, 5) is 50.8. The van der Waals surface area contributed by atoms with Crippen LogP contribution in [0.1, 0.15) is 64.2 Å². The average molecular weight is 422 g/mol. The number of hydrogen-bond acceptors (Lipinski definition) is 7. The van der Waals surface area contributed by atoms with E-state index in [1.54, 1.807) is 18.2 Å². The van der Waals surface area contributed by atoms with Gasteiger partial charge in [-0.3, -0.25) is 34.5 Å². The summed E-state index contributed by atoms with van der Waals surface area (Å²) in [5.41, 5.74) is 3.07. The number of fused-ring (bicyclic) bond motifs is 2. The van der Waals surface area contributed by atoms with Gasteiger partial charge in [0.1, 0.15) is 6.04 Å². The molecule has 3 aliphatic heterocycles. The van der Waals surface area contributed by atoms with Crippen LogP contribution in [-0.4, -0.2) is 44.8 Å². The quantitative estimate of drug-likeness (QED) is 0.534. The average Bonchev–Trinajstić information content (AvgIpc) is 3.35. The highest BCUT2D eigenvalue weighted by atomic mass is 16.2. The number of nitrogens with zero attached hydrogens (tertiary/aromatic N) is 2. The zero-order valence-electron chi connectivity index (χ0n) is 17.2. The molecule has 10 nitrogen and oxygen atoms in total. The zero-order valence-corrected chi connectivity index (χ0v) is 17.2. The lowest BCUT2D eigenvalue weighted by Crippen LogP contribution is -2.54. The Morgan fingerprint density at radius 2 is 2.00 bits per heavy atom. The van der Waals surface area contributed by atoms with Crippen LogP contribution < -0.4 is 16.0 Å². The van der Waals surface area contributed by atoms with Gasteiger partial charge in [0.05, 0.1) is 22.4 Å². The second kappa shape index (κ2) is 6.74. The second-order valence-electron chi connectivity index (χ2n) is 8.54. The number of anilines is 1. The number of imide groups is 2. The maximum Gasteiger partial charge on any atom is 0.262 e. The van der Waals surface area contributed by atoms with Crippen LogP contribution in [0.4, 0.5) is 5.82 Å². The molecule has 4 N–H and O–H groups in total. The minimum Gasteiger partial charge on any atom is -0.364 e. The van der Waals surface area contributed by atoms with E-state index in [1.165, 1.54) is 0 Å². The Kier molecular flexibility index (Phi) is 4.23. The predicted octanol–water partition coefficient (Wildman–Crippen LogP) is 0.761. The van der Waals surface area contributed by atoms with E-state index >= 15 is 0 Å². The van der Waals surface area contributed by atoms with Crippen molar-refractivity contribution >= 4 is 29.4 Å². The Hall–Kier alpha value is -3.53. The smallest absolute Gasteiger partial charge is 0.262 e. The molecule has 0 bridgehead atoms. The van der Waals surface area contributed by atoms with E-state index in [0.29, 0.717) is 24.5 Å². The number of piperidine rings is 1. The van der Waals surface area contributed by atoms with E-state index in [-0.39, 0.29) is 29.5 Å². The SMILES string of the molecule is CC1(C)NCc2c(NCc3cccc4c3C(=O)N(C3CCC(=O)NC3=O)C4=O)n[nH]c21. The van der Waals surface area contributed by atoms with Gasteiger partial charge < -0.3 is 10.6 Å². The lowest BCUT2D eigenvalue weighted by atomic mass is 10.0. The first-order chi connectivity index (χ1) is 14.8. The Morgan fingerprint density at radius 1 is 1.19 bits per heavy atom. The molecule has 1 fully saturated rings. The van der Waals surface area contributed by atoms with E-state index in [4.69, 9.17) is 0 Å². The number of nitrogens with one attached hydrogen (secondary N) is 4. The molecule has 0 radical (unpaired) electrons. The number of hydrogen-bond donors (Lipinski definition) is 4. The topological polar surface area (TPSA) is 136 Å². The summed E-state index contributed by atoms with van der Waals surface area (Å²) in [6.45, 7) is 5.11. The highest BCUT2D eigenvalue weighted by molar-refractivity contribution is 6.24. The van der Waals surface area contributed by atoms with Crippen LogP contribution in [0, 0.1) is 0 Å². The number of carbonyl (C=O) groups excluding carboxylic acids is 4. The lowest BCUT2D eigenvalue weighted by molar-refractivity contribution is -0.136. The maximum atomic E-state index is 13.2. The van der Waals surface area contributed by atoms with Crippen LogP contribution in [0.25, 0.3) is 0 Å². The van der Waals surface area contributed by atoms with E-state index < -0.39 is 29.7 Å². The van der Waals surface area contributed by atoms with Gasteiger partial charge >= 0.3 is 0 Å². The number of aromatic nitrogens is 2. The molecule has 0 spiro atoms. The van der Waals surface area contributed by atoms with E-state index in [1.807, 2.05) is 0 Å². The molecule has 3 aliphatic rings. The molecule has 1 unspecified atom stereocenters. The van der Waals surface area contributed by atoms with Crippen molar-refractivity contribution in [2.45, 2.75) is 51.4 Å². The summed E-state index contributed by atoms with van der Waals surface area (Å²) in [6.07, 6.45) is 0.221. The Balaban J connectivity index is 1.40. The van der Waals surface area contributed by atoms with Gasteiger partial charge in [-0.2, -0.15) is 5.10 Å². The summed E-state index contributed by atoms with van der Waals surface area (Å²) in [7, 11) is 0. The van der Waals surface area contributed by atoms with Crippen LogP contribution >= 0.6 is 0 Å². The van der Waals surface area contributed by atoms with Gasteiger partial charge in [0, 0.05) is 25.1 Å². The maximum absolute atomic E-state index is 13.2. The third-order valence-corrected chi connectivity index (χ3v) is 6.20. The Labute approximate surface area is 177 Å². The second-order valence-corrected chi connectivity index (χ2v) is 8.54. The molecule has 1 aromatic carbocycles. The zero-order chi connectivity index (χ0) is 21.9. The number of aromatic amines is 1. The molecule has 1 aromatic heterocycles. The van der Waals surface area contributed by atoms with E-state index in [2.05, 4.69) is 40.0 Å². The fraction of sp³-hybridized carbons (Fsp3) is 0.381. The molecule has 5 rings (SSSR count). The number of H-pyrrole nitrogens is 1.